The van der Waals surface area contributed by atoms with E-state index in [0.717, 1.165) is 32.5 Å². The minimum atomic E-state index is -0.410. The van der Waals surface area contributed by atoms with Crippen molar-refractivity contribution in [1.82, 2.24) is 24.9 Å². The second-order valence-corrected chi connectivity index (χ2v) is 11.4. The summed E-state index contributed by atoms with van der Waals surface area (Å²) < 4.78 is 19.9. The summed E-state index contributed by atoms with van der Waals surface area (Å²) in [5.74, 6) is 0.979. The molecule has 0 saturated carbocycles. The van der Waals surface area contributed by atoms with Crippen LogP contribution >= 0.6 is 0 Å². The molecule has 0 aliphatic carbocycles. The molecule has 0 N–H and O–H groups in total. The first kappa shape index (κ1) is 30.3. The monoisotopic (exact) mass is 564 g/mol. The van der Waals surface area contributed by atoms with Gasteiger partial charge < -0.3 is 19.2 Å². The molecule has 2 aromatic heterocycles. The molecule has 0 saturated heterocycles. The summed E-state index contributed by atoms with van der Waals surface area (Å²) in [6.07, 6.45) is 5.25. The van der Waals surface area contributed by atoms with Crippen LogP contribution in [-0.2, 0) is 17.8 Å². The smallest absolute Gasteiger partial charge is 0.259 e. The molecule has 1 aliphatic rings. The average molecular weight is 565 g/mol. The number of amides is 2. The summed E-state index contributed by atoms with van der Waals surface area (Å²) in [7, 11) is 0. The Hall–Kier alpha value is -3.66. The molecule has 0 spiro atoms. The number of aryl methyl sites for hydroxylation is 1. The summed E-state index contributed by atoms with van der Waals surface area (Å²) >= 11 is 0. The third kappa shape index (κ3) is 8.42. The van der Waals surface area contributed by atoms with Crippen molar-refractivity contribution >= 4 is 17.5 Å². The second-order valence-electron chi connectivity index (χ2n) is 11.4. The van der Waals surface area contributed by atoms with E-state index < -0.39 is 5.82 Å². The highest BCUT2D eigenvalue weighted by molar-refractivity contribution is 6.06. The van der Waals surface area contributed by atoms with E-state index in [1.165, 1.54) is 12.1 Å². The molecular formula is C31H41FN6O3. The van der Waals surface area contributed by atoms with Crippen molar-refractivity contribution in [2.75, 3.05) is 37.6 Å². The van der Waals surface area contributed by atoms with Crippen LogP contribution in [0.1, 0.15) is 80.5 Å². The van der Waals surface area contributed by atoms with Crippen LogP contribution in [-0.4, -0.2) is 69.5 Å². The van der Waals surface area contributed by atoms with Gasteiger partial charge in [0.05, 0.1) is 5.56 Å². The summed E-state index contributed by atoms with van der Waals surface area (Å²) in [5, 5.41) is 4.00. The van der Waals surface area contributed by atoms with Crippen molar-refractivity contribution in [3.63, 3.8) is 0 Å². The number of benzene rings is 1. The van der Waals surface area contributed by atoms with Gasteiger partial charge in [0.2, 0.25) is 11.8 Å². The van der Waals surface area contributed by atoms with Crippen molar-refractivity contribution in [2.45, 2.75) is 65.8 Å². The molecule has 3 heterocycles. The van der Waals surface area contributed by atoms with E-state index in [9.17, 15) is 14.0 Å². The summed E-state index contributed by atoms with van der Waals surface area (Å²) in [6, 6.07) is 7.91. The van der Waals surface area contributed by atoms with Crippen LogP contribution in [0.3, 0.4) is 0 Å². The van der Waals surface area contributed by atoms with Crippen molar-refractivity contribution < 1.29 is 18.5 Å². The first-order valence-corrected chi connectivity index (χ1v) is 14.5. The lowest BCUT2D eigenvalue weighted by Crippen LogP contribution is -2.40. The first-order valence-electron chi connectivity index (χ1n) is 14.5. The number of aromatic nitrogens is 3. The van der Waals surface area contributed by atoms with E-state index in [0.29, 0.717) is 54.0 Å². The molecule has 0 fully saturated rings. The molecule has 220 valence electrons. The zero-order valence-corrected chi connectivity index (χ0v) is 24.6. The summed E-state index contributed by atoms with van der Waals surface area (Å²) in [6.45, 7) is 12.1. The molecule has 0 unspecified atom stereocenters. The standard InChI is InChI=1S/C31H41FN6O3/c1-22(2)20-36-14-6-16-37(29(39)12-11-28-34-30(23(3)4)35-41-28)21-25-18-26(32)9-10-27(25)38(17-7-15-36)31(40)24-8-5-13-33-19-24/h5,8-10,13,18-19,22-23H,6-7,11-12,14-17,20-21H2,1-4H3. The molecule has 2 amide bonds. The first-order chi connectivity index (χ1) is 19.7. The fraction of sp³-hybridized carbons (Fsp3) is 0.516. The van der Waals surface area contributed by atoms with Crippen LogP contribution in [0.4, 0.5) is 10.1 Å². The molecule has 0 radical (unpaired) electrons. The van der Waals surface area contributed by atoms with Crippen LogP contribution in [0.2, 0.25) is 0 Å². The van der Waals surface area contributed by atoms with Crippen molar-refractivity contribution in [3.05, 3.63) is 71.4 Å². The zero-order chi connectivity index (χ0) is 29.4. The third-order valence-electron chi connectivity index (χ3n) is 7.13. The fourth-order valence-corrected chi connectivity index (χ4v) is 5.14. The molecule has 3 aromatic rings. The number of nitrogens with zero attached hydrogens (tertiary/aromatic N) is 6. The van der Waals surface area contributed by atoms with E-state index in [-0.39, 0.29) is 30.7 Å². The average Bonchev–Trinajstić information content (AvgIpc) is 3.43. The normalized spacial score (nSPS) is 15.5. The SMILES string of the molecule is CC(C)CN1CCCN(C(=O)CCc2nc(C(C)C)no2)Cc2cc(F)ccc2N(C(=O)c2cccnc2)CCC1. The quantitative estimate of drug-likeness (QED) is 0.395. The Morgan fingerprint density at radius 3 is 2.51 bits per heavy atom. The fourth-order valence-electron chi connectivity index (χ4n) is 5.14. The number of carbonyl (C=O) groups is 2. The predicted molar refractivity (Wildman–Crippen MR) is 155 cm³/mol. The van der Waals surface area contributed by atoms with Crippen LogP contribution in [0.15, 0.2) is 47.2 Å². The van der Waals surface area contributed by atoms with Gasteiger partial charge in [-0.25, -0.2) is 4.39 Å². The lowest BCUT2D eigenvalue weighted by Gasteiger charge is -2.32. The molecule has 4 rings (SSSR count). The Kier molecular flexibility index (Phi) is 10.6. The Bertz CT molecular complexity index is 1300. The molecule has 1 aliphatic heterocycles. The van der Waals surface area contributed by atoms with Gasteiger partial charge in [0, 0.05) is 63.0 Å². The topological polar surface area (TPSA) is 95.7 Å². The zero-order valence-electron chi connectivity index (χ0n) is 24.6. The van der Waals surface area contributed by atoms with E-state index in [4.69, 9.17) is 4.52 Å². The highest BCUT2D eigenvalue weighted by atomic mass is 19.1. The second kappa shape index (κ2) is 14.3. The van der Waals surface area contributed by atoms with E-state index in [1.807, 2.05) is 13.8 Å². The summed E-state index contributed by atoms with van der Waals surface area (Å²) in [5.41, 5.74) is 1.66. The van der Waals surface area contributed by atoms with Gasteiger partial charge in [-0.1, -0.05) is 32.9 Å². The van der Waals surface area contributed by atoms with Crippen LogP contribution in [0.25, 0.3) is 0 Å². The maximum atomic E-state index is 14.6. The van der Waals surface area contributed by atoms with Gasteiger partial charge in [-0.3, -0.25) is 14.6 Å². The number of hydrogen-bond acceptors (Lipinski definition) is 7. The van der Waals surface area contributed by atoms with Gasteiger partial charge in [0.15, 0.2) is 5.82 Å². The highest BCUT2D eigenvalue weighted by Gasteiger charge is 2.25. The molecule has 41 heavy (non-hydrogen) atoms. The van der Waals surface area contributed by atoms with E-state index in [2.05, 4.69) is 33.9 Å². The summed E-state index contributed by atoms with van der Waals surface area (Å²) in [4.78, 5) is 41.7. The highest BCUT2D eigenvalue weighted by Crippen LogP contribution is 2.27. The van der Waals surface area contributed by atoms with Crippen molar-refractivity contribution in [1.29, 1.82) is 0 Å². The minimum absolute atomic E-state index is 0.0814. The predicted octanol–water partition coefficient (Wildman–Crippen LogP) is 5.09. The number of rotatable bonds is 7. The number of halogens is 1. The molecule has 0 atom stereocenters. The minimum Gasteiger partial charge on any atom is -0.339 e. The van der Waals surface area contributed by atoms with Crippen molar-refractivity contribution in [2.24, 2.45) is 5.92 Å². The van der Waals surface area contributed by atoms with Crippen molar-refractivity contribution in [3.8, 4) is 0 Å². The Balaban J connectivity index is 1.63. The van der Waals surface area contributed by atoms with E-state index in [1.54, 1.807) is 40.4 Å². The maximum Gasteiger partial charge on any atom is 0.259 e. The molecule has 1 aromatic carbocycles. The van der Waals surface area contributed by atoms with Gasteiger partial charge in [0.25, 0.3) is 5.91 Å². The Morgan fingerprint density at radius 1 is 1.05 bits per heavy atom. The number of pyridine rings is 1. The van der Waals surface area contributed by atoms with Gasteiger partial charge in [-0.2, -0.15) is 4.98 Å². The number of hydrogen-bond donors (Lipinski definition) is 0. The molecule has 10 heteroatoms. The van der Waals surface area contributed by atoms with Gasteiger partial charge in [0.1, 0.15) is 5.82 Å². The largest absolute Gasteiger partial charge is 0.339 e. The van der Waals surface area contributed by atoms with Crippen LogP contribution in [0, 0.1) is 11.7 Å². The lowest BCUT2D eigenvalue weighted by molar-refractivity contribution is -0.132. The van der Waals surface area contributed by atoms with Crippen LogP contribution < -0.4 is 4.90 Å². The number of fused-ring (bicyclic) bond motifs is 1. The Labute approximate surface area is 241 Å². The number of anilines is 1. The van der Waals surface area contributed by atoms with E-state index >= 15 is 0 Å². The van der Waals surface area contributed by atoms with Gasteiger partial charge in [-0.15, -0.1) is 0 Å². The van der Waals surface area contributed by atoms with Gasteiger partial charge in [-0.05, 0) is 67.7 Å². The Morgan fingerprint density at radius 2 is 1.83 bits per heavy atom. The number of carbonyl (C=O) groups excluding carboxylic acids is 2. The molecule has 9 nitrogen and oxygen atoms in total. The van der Waals surface area contributed by atoms with Crippen LogP contribution in [0.5, 0.6) is 0 Å². The maximum absolute atomic E-state index is 14.6. The third-order valence-corrected chi connectivity index (χ3v) is 7.13. The van der Waals surface area contributed by atoms with Gasteiger partial charge >= 0.3 is 0 Å². The molecule has 0 bridgehead atoms. The molecular weight excluding hydrogens is 523 g/mol. The lowest BCUT2D eigenvalue weighted by atomic mass is 10.1.